The van der Waals surface area contributed by atoms with Gasteiger partial charge in [0.2, 0.25) is 0 Å². The molecule has 0 spiro atoms. The molecule has 0 saturated carbocycles. The van der Waals surface area contributed by atoms with Crippen LogP contribution in [0.15, 0.2) is 12.4 Å². The van der Waals surface area contributed by atoms with Crippen LogP contribution in [0.25, 0.3) is 0 Å². The summed E-state index contributed by atoms with van der Waals surface area (Å²) in [5, 5.41) is 19.2. The van der Waals surface area contributed by atoms with E-state index in [9.17, 15) is 9.59 Å². The van der Waals surface area contributed by atoms with Crippen molar-refractivity contribution in [3.05, 3.63) is 12.4 Å². The van der Waals surface area contributed by atoms with Gasteiger partial charge in [0.1, 0.15) is 5.54 Å². The average Bonchev–Trinajstić information content (AvgIpc) is 2.82. The number of hydrogen-bond acceptors (Lipinski definition) is 4. The molecule has 2 N–H and O–H groups in total. The van der Waals surface area contributed by atoms with Gasteiger partial charge in [0.05, 0.1) is 12.7 Å². The number of aromatic nitrogens is 3. The highest BCUT2D eigenvalue weighted by atomic mass is 16.4. The molecule has 2 amide bonds. The number of hydrogen-bond donors (Lipinski definition) is 2. The Kier molecular flexibility index (Phi) is 4.85. The van der Waals surface area contributed by atoms with Gasteiger partial charge in [-0.3, -0.25) is 4.68 Å². The van der Waals surface area contributed by atoms with E-state index in [1.165, 1.54) is 18.7 Å². The van der Waals surface area contributed by atoms with Crippen LogP contribution in [-0.2, 0) is 11.3 Å². The molecule has 0 aromatic carbocycles. The summed E-state index contributed by atoms with van der Waals surface area (Å²) in [5.41, 5.74) is -1.24. The minimum Gasteiger partial charge on any atom is -0.480 e. The number of carbonyl (C=O) groups is 2. The number of likely N-dealkylation sites (N-methyl/N-ethyl adjacent to an activating group) is 1. The molecule has 0 radical (unpaired) electrons. The third kappa shape index (κ3) is 3.67. The molecular weight excluding hydrogens is 250 g/mol. The predicted octanol–water partition coefficient (Wildman–Crippen LogP) is 0.173. The number of carbonyl (C=O) groups excluding carboxylic acids is 1. The second kappa shape index (κ2) is 6.17. The van der Waals surface area contributed by atoms with E-state index in [-0.39, 0.29) is 0 Å². The summed E-state index contributed by atoms with van der Waals surface area (Å²) in [4.78, 5) is 24.4. The fraction of sp³-hybridized carbons (Fsp3) is 0.636. The Morgan fingerprint density at radius 1 is 1.47 bits per heavy atom. The fourth-order valence-electron chi connectivity index (χ4n) is 1.63. The molecule has 0 aliphatic heterocycles. The van der Waals surface area contributed by atoms with E-state index < -0.39 is 17.5 Å². The number of nitrogens with one attached hydrogen (secondary N) is 1. The molecule has 8 nitrogen and oxygen atoms in total. The molecule has 8 heteroatoms. The van der Waals surface area contributed by atoms with Crippen LogP contribution in [0, 0.1) is 0 Å². The number of carboxylic acid groups (broad SMARTS) is 1. The summed E-state index contributed by atoms with van der Waals surface area (Å²) in [6, 6.07) is -0.407. The van der Waals surface area contributed by atoms with Crippen LogP contribution in [0.2, 0.25) is 0 Å². The molecule has 0 atom stereocenters. The summed E-state index contributed by atoms with van der Waals surface area (Å²) in [5.74, 6) is -1.04. The SMILES string of the molecule is CCN(C(=O)NCCn1ccnn1)C(C)(C)C(=O)O. The van der Waals surface area contributed by atoms with Crippen molar-refractivity contribution in [3.8, 4) is 0 Å². The highest BCUT2D eigenvalue weighted by Gasteiger charge is 2.36. The van der Waals surface area contributed by atoms with Gasteiger partial charge in [-0.2, -0.15) is 0 Å². The maximum atomic E-state index is 12.0. The minimum atomic E-state index is -1.24. The first kappa shape index (κ1) is 14.9. The van der Waals surface area contributed by atoms with Crippen LogP contribution in [0.3, 0.4) is 0 Å². The van der Waals surface area contributed by atoms with E-state index in [1.54, 1.807) is 24.0 Å². The molecule has 0 aliphatic carbocycles. The van der Waals surface area contributed by atoms with Crippen LogP contribution in [0.5, 0.6) is 0 Å². The van der Waals surface area contributed by atoms with Gasteiger partial charge in [-0.1, -0.05) is 5.21 Å². The Balaban J connectivity index is 2.52. The Morgan fingerprint density at radius 2 is 2.16 bits per heavy atom. The average molecular weight is 269 g/mol. The van der Waals surface area contributed by atoms with Crippen molar-refractivity contribution in [1.29, 1.82) is 0 Å². The molecule has 106 valence electrons. The van der Waals surface area contributed by atoms with Gasteiger partial charge < -0.3 is 15.3 Å². The Hall–Kier alpha value is -2.12. The molecule has 0 fully saturated rings. The molecule has 1 aromatic rings. The molecule has 0 unspecified atom stereocenters. The van der Waals surface area contributed by atoms with Gasteiger partial charge in [-0.15, -0.1) is 5.10 Å². The van der Waals surface area contributed by atoms with Crippen LogP contribution >= 0.6 is 0 Å². The molecular formula is C11H19N5O3. The zero-order chi connectivity index (χ0) is 14.5. The van der Waals surface area contributed by atoms with Crippen LogP contribution in [0.4, 0.5) is 4.79 Å². The minimum absolute atomic E-state index is 0.314. The zero-order valence-electron chi connectivity index (χ0n) is 11.3. The van der Waals surface area contributed by atoms with Crippen molar-refractivity contribution in [2.24, 2.45) is 0 Å². The van der Waals surface area contributed by atoms with E-state index >= 15 is 0 Å². The lowest BCUT2D eigenvalue weighted by Gasteiger charge is -2.34. The van der Waals surface area contributed by atoms with Crippen LogP contribution in [0.1, 0.15) is 20.8 Å². The second-order valence-corrected chi connectivity index (χ2v) is 4.51. The lowest BCUT2D eigenvalue weighted by Crippen LogP contribution is -2.56. The van der Waals surface area contributed by atoms with Gasteiger partial charge in [-0.05, 0) is 20.8 Å². The number of aliphatic carboxylic acids is 1. The number of nitrogens with zero attached hydrogens (tertiary/aromatic N) is 4. The van der Waals surface area contributed by atoms with Gasteiger partial charge in [0.25, 0.3) is 0 Å². The molecule has 1 heterocycles. The lowest BCUT2D eigenvalue weighted by atomic mass is 10.0. The van der Waals surface area contributed by atoms with Crippen LogP contribution in [-0.4, -0.2) is 55.6 Å². The first-order valence-corrected chi connectivity index (χ1v) is 6.02. The molecule has 0 aliphatic rings. The van der Waals surface area contributed by atoms with E-state index in [0.717, 1.165) is 0 Å². The van der Waals surface area contributed by atoms with E-state index in [4.69, 9.17) is 5.11 Å². The quantitative estimate of drug-likeness (QED) is 0.767. The van der Waals surface area contributed by atoms with Crippen LogP contribution < -0.4 is 5.32 Å². The molecule has 0 saturated heterocycles. The first-order chi connectivity index (χ1) is 8.89. The van der Waals surface area contributed by atoms with Gasteiger partial charge in [0.15, 0.2) is 0 Å². The standard InChI is InChI=1S/C11H19N5O3/c1-4-16(11(2,3)9(17)18)10(19)12-5-7-15-8-6-13-14-15/h6,8H,4-5,7H2,1-3H3,(H,12,19)(H,17,18). The summed E-state index contributed by atoms with van der Waals surface area (Å²) in [7, 11) is 0. The molecule has 0 bridgehead atoms. The summed E-state index contributed by atoms with van der Waals surface area (Å²) < 4.78 is 1.58. The third-order valence-corrected chi connectivity index (χ3v) is 2.85. The number of urea groups is 1. The van der Waals surface area contributed by atoms with Crippen molar-refractivity contribution < 1.29 is 14.7 Å². The zero-order valence-corrected chi connectivity index (χ0v) is 11.3. The Morgan fingerprint density at radius 3 is 2.63 bits per heavy atom. The number of carboxylic acids is 1. The van der Waals surface area contributed by atoms with Crippen molar-refractivity contribution >= 4 is 12.0 Å². The molecule has 1 aromatic heterocycles. The fourth-order valence-corrected chi connectivity index (χ4v) is 1.63. The summed E-state index contributed by atoms with van der Waals surface area (Å²) in [6.45, 7) is 5.88. The Labute approximate surface area is 111 Å². The van der Waals surface area contributed by atoms with Crippen molar-refractivity contribution in [3.63, 3.8) is 0 Å². The Bertz CT molecular complexity index is 430. The highest BCUT2D eigenvalue weighted by Crippen LogP contribution is 2.14. The summed E-state index contributed by atoms with van der Waals surface area (Å²) >= 11 is 0. The van der Waals surface area contributed by atoms with Gasteiger partial charge in [-0.25, -0.2) is 9.59 Å². The predicted molar refractivity (Wildman–Crippen MR) is 67.5 cm³/mol. The topological polar surface area (TPSA) is 100 Å². The van der Waals surface area contributed by atoms with Crippen molar-refractivity contribution in [2.75, 3.05) is 13.1 Å². The van der Waals surface area contributed by atoms with E-state index in [1.807, 2.05) is 0 Å². The van der Waals surface area contributed by atoms with Gasteiger partial charge in [0, 0.05) is 19.3 Å². The lowest BCUT2D eigenvalue weighted by molar-refractivity contribution is -0.147. The normalized spacial score (nSPS) is 11.1. The molecule has 19 heavy (non-hydrogen) atoms. The monoisotopic (exact) mass is 269 g/mol. The van der Waals surface area contributed by atoms with Gasteiger partial charge >= 0.3 is 12.0 Å². The number of rotatable bonds is 6. The summed E-state index contributed by atoms with van der Waals surface area (Å²) in [6.07, 6.45) is 3.23. The smallest absolute Gasteiger partial charge is 0.329 e. The van der Waals surface area contributed by atoms with E-state index in [0.29, 0.717) is 19.6 Å². The maximum Gasteiger partial charge on any atom is 0.329 e. The number of amides is 2. The molecule has 1 rings (SSSR count). The largest absolute Gasteiger partial charge is 0.480 e. The second-order valence-electron chi connectivity index (χ2n) is 4.51. The van der Waals surface area contributed by atoms with Crippen molar-refractivity contribution in [1.82, 2.24) is 25.2 Å². The van der Waals surface area contributed by atoms with Crippen molar-refractivity contribution in [2.45, 2.75) is 32.9 Å². The maximum absolute atomic E-state index is 12.0. The first-order valence-electron chi connectivity index (χ1n) is 6.02. The highest BCUT2D eigenvalue weighted by molar-refractivity contribution is 5.85. The van der Waals surface area contributed by atoms with E-state index in [2.05, 4.69) is 15.6 Å². The third-order valence-electron chi connectivity index (χ3n) is 2.85.